The van der Waals surface area contributed by atoms with E-state index in [-0.39, 0.29) is 0 Å². The number of rotatable bonds is 4. The second-order valence-electron chi connectivity index (χ2n) is 4.00. The molecule has 1 aromatic heterocycles. The van der Waals surface area contributed by atoms with Gasteiger partial charge in [-0.2, -0.15) is 0 Å². The summed E-state index contributed by atoms with van der Waals surface area (Å²) in [5.41, 5.74) is 6.50. The fraction of sp³-hybridized carbons (Fsp3) is 0.231. The third-order valence-electron chi connectivity index (χ3n) is 2.67. The molecule has 17 heavy (non-hydrogen) atoms. The Morgan fingerprint density at radius 2 is 2.06 bits per heavy atom. The van der Waals surface area contributed by atoms with Crippen LogP contribution in [0.5, 0.6) is 0 Å². The van der Waals surface area contributed by atoms with E-state index in [4.69, 9.17) is 18.0 Å². The van der Waals surface area contributed by atoms with E-state index in [0.29, 0.717) is 11.4 Å². The summed E-state index contributed by atoms with van der Waals surface area (Å²) in [5, 5.41) is 1.15. The Morgan fingerprint density at radius 3 is 2.82 bits per heavy atom. The van der Waals surface area contributed by atoms with E-state index in [1.807, 2.05) is 31.3 Å². The lowest BCUT2D eigenvalue weighted by Crippen LogP contribution is -2.23. The first-order chi connectivity index (χ1) is 8.16. The number of fused-ring (bicyclic) bond motifs is 1. The molecule has 0 spiro atoms. The zero-order chi connectivity index (χ0) is 12.3. The van der Waals surface area contributed by atoms with E-state index in [1.165, 1.54) is 0 Å². The van der Waals surface area contributed by atoms with Crippen LogP contribution in [0.2, 0.25) is 0 Å². The average molecular weight is 245 g/mol. The van der Waals surface area contributed by atoms with E-state index in [2.05, 4.69) is 22.0 Å². The number of nitrogens with zero attached hydrogens (tertiary/aromatic N) is 2. The van der Waals surface area contributed by atoms with Gasteiger partial charge in [-0.3, -0.25) is 0 Å². The van der Waals surface area contributed by atoms with Gasteiger partial charge in [0.05, 0.1) is 10.5 Å². The number of aromatic nitrogens is 1. The molecule has 0 bridgehead atoms. The highest BCUT2D eigenvalue weighted by molar-refractivity contribution is 7.80. The first kappa shape index (κ1) is 11.8. The lowest BCUT2D eigenvalue weighted by molar-refractivity contribution is 0.903. The highest BCUT2D eigenvalue weighted by Gasteiger charge is 2.03. The number of nitrogens with two attached hydrogens (primary N) is 1. The van der Waals surface area contributed by atoms with Crippen molar-refractivity contribution in [3.05, 3.63) is 36.4 Å². The monoisotopic (exact) mass is 245 g/mol. The Hall–Kier alpha value is -1.68. The maximum atomic E-state index is 5.49. The molecule has 0 atom stereocenters. The predicted molar refractivity (Wildman–Crippen MR) is 76.4 cm³/mol. The van der Waals surface area contributed by atoms with E-state index in [9.17, 15) is 0 Å². The number of hydrogen-bond donors (Lipinski definition) is 1. The number of thiocarbonyl (C=S) groups is 1. The molecule has 0 aliphatic carbocycles. The highest BCUT2D eigenvalue weighted by atomic mass is 32.1. The number of benzene rings is 1. The minimum Gasteiger partial charge on any atom is -0.393 e. The van der Waals surface area contributed by atoms with Crippen molar-refractivity contribution in [3.63, 3.8) is 0 Å². The van der Waals surface area contributed by atoms with Crippen LogP contribution in [0.15, 0.2) is 36.4 Å². The summed E-state index contributed by atoms with van der Waals surface area (Å²) in [6.07, 6.45) is 0.709. The van der Waals surface area contributed by atoms with Gasteiger partial charge in [-0.25, -0.2) is 4.98 Å². The summed E-state index contributed by atoms with van der Waals surface area (Å²) in [7, 11) is 2.00. The van der Waals surface area contributed by atoms with Gasteiger partial charge < -0.3 is 10.6 Å². The molecule has 2 aromatic rings. The second-order valence-corrected chi connectivity index (χ2v) is 4.52. The van der Waals surface area contributed by atoms with E-state index >= 15 is 0 Å². The van der Waals surface area contributed by atoms with Gasteiger partial charge >= 0.3 is 0 Å². The Labute approximate surface area is 106 Å². The molecule has 0 fully saturated rings. The Kier molecular flexibility index (Phi) is 3.54. The van der Waals surface area contributed by atoms with Gasteiger partial charge in [-0.05, 0) is 18.2 Å². The summed E-state index contributed by atoms with van der Waals surface area (Å²) >= 11 is 4.87. The molecular formula is C13H15N3S. The first-order valence-electron chi connectivity index (χ1n) is 5.52. The molecular weight excluding hydrogens is 230 g/mol. The van der Waals surface area contributed by atoms with Crippen LogP contribution in [0.25, 0.3) is 10.9 Å². The van der Waals surface area contributed by atoms with E-state index < -0.39 is 0 Å². The lowest BCUT2D eigenvalue weighted by atomic mass is 10.2. The van der Waals surface area contributed by atoms with Crippen molar-refractivity contribution in [2.24, 2.45) is 5.73 Å². The largest absolute Gasteiger partial charge is 0.393 e. The van der Waals surface area contributed by atoms with Gasteiger partial charge in [0.1, 0.15) is 5.82 Å². The van der Waals surface area contributed by atoms with Gasteiger partial charge in [0.25, 0.3) is 0 Å². The maximum absolute atomic E-state index is 5.49. The summed E-state index contributed by atoms with van der Waals surface area (Å²) in [5.74, 6) is 0.944. The van der Waals surface area contributed by atoms with Crippen molar-refractivity contribution >= 4 is 33.9 Å². The third-order valence-corrected chi connectivity index (χ3v) is 2.87. The molecule has 0 saturated carbocycles. The molecule has 0 aliphatic rings. The van der Waals surface area contributed by atoms with Crippen molar-refractivity contribution in [2.45, 2.75) is 6.42 Å². The molecule has 0 radical (unpaired) electrons. The molecule has 0 amide bonds. The number of hydrogen-bond acceptors (Lipinski definition) is 3. The van der Waals surface area contributed by atoms with Gasteiger partial charge in [0.15, 0.2) is 0 Å². The molecule has 0 aliphatic heterocycles. The van der Waals surface area contributed by atoms with Gasteiger partial charge in [0, 0.05) is 25.4 Å². The van der Waals surface area contributed by atoms with Crippen LogP contribution < -0.4 is 10.6 Å². The normalized spacial score (nSPS) is 10.4. The fourth-order valence-electron chi connectivity index (χ4n) is 1.66. The molecule has 88 valence electrons. The summed E-state index contributed by atoms with van der Waals surface area (Å²) < 4.78 is 0. The highest BCUT2D eigenvalue weighted by Crippen LogP contribution is 2.16. The standard InChI is InChI=1S/C13H15N3S/c1-16(9-8-12(14)17)13-7-6-10-4-2-3-5-11(10)15-13/h2-7H,8-9H2,1H3,(H2,14,17). The maximum Gasteiger partial charge on any atom is 0.128 e. The van der Waals surface area contributed by atoms with Crippen molar-refractivity contribution in [2.75, 3.05) is 18.5 Å². The number of para-hydroxylation sites is 1. The van der Waals surface area contributed by atoms with Crippen LogP contribution in [0.1, 0.15) is 6.42 Å². The number of pyridine rings is 1. The van der Waals surface area contributed by atoms with Gasteiger partial charge in [-0.15, -0.1) is 0 Å². The molecule has 4 heteroatoms. The van der Waals surface area contributed by atoms with Crippen LogP contribution in [0.3, 0.4) is 0 Å². The quantitative estimate of drug-likeness (QED) is 0.840. The molecule has 1 aromatic carbocycles. The van der Waals surface area contributed by atoms with Crippen LogP contribution in [-0.4, -0.2) is 23.6 Å². The van der Waals surface area contributed by atoms with Crippen molar-refractivity contribution < 1.29 is 0 Å². The fourth-order valence-corrected chi connectivity index (χ4v) is 1.75. The van der Waals surface area contributed by atoms with Crippen molar-refractivity contribution in [1.82, 2.24) is 4.98 Å². The summed E-state index contributed by atoms with van der Waals surface area (Å²) in [6, 6.07) is 12.2. The van der Waals surface area contributed by atoms with Crippen LogP contribution in [0, 0.1) is 0 Å². The molecule has 2 rings (SSSR count). The van der Waals surface area contributed by atoms with Crippen molar-refractivity contribution in [3.8, 4) is 0 Å². The number of anilines is 1. The third kappa shape index (κ3) is 2.91. The molecule has 0 unspecified atom stereocenters. The average Bonchev–Trinajstić information content (AvgIpc) is 2.35. The molecule has 3 nitrogen and oxygen atoms in total. The predicted octanol–water partition coefficient (Wildman–Crippen LogP) is 2.35. The minimum absolute atomic E-state index is 0.539. The SMILES string of the molecule is CN(CCC(N)=S)c1ccc2ccccc2n1. The minimum atomic E-state index is 0.539. The van der Waals surface area contributed by atoms with E-state index in [1.54, 1.807) is 0 Å². The molecule has 0 saturated heterocycles. The van der Waals surface area contributed by atoms with Crippen LogP contribution in [0.4, 0.5) is 5.82 Å². The van der Waals surface area contributed by atoms with Crippen LogP contribution >= 0.6 is 12.2 Å². The smallest absolute Gasteiger partial charge is 0.128 e. The van der Waals surface area contributed by atoms with Crippen molar-refractivity contribution in [1.29, 1.82) is 0 Å². The van der Waals surface area contributed by atoms with Crippen LogP contribution in [-0.2, 0) is 0 Å². The lowest BCUT2D eigenvalue weighted by Gasteiger charge is -2.18. The zero-order valence-electron chi connectivity index (χ0n) is 9.76. The Morgan fingerprint density at radius 1 is 1.29 bits per heavy atom. The summed E-state index contributed by atoms with van der Waals surface area (Å²) in [6.45, 7) is 0.792. The first-order valence-corrected chi connectivity index (χ1v) is 5.93. The molecule has 2 N–H and O–H groups in total. The Balaban J connectivity index is 2.20. The second kappa shape index (κ2) is 5.10. The zero-order valence-corrected chi connectivity index (χ0v) is 10.6. The van der Waals surface area contributed by atoms with E-state index in [0.717, 1.165) is 23.3 Å². The van der Waals surface area contributed by atoms with Gasteiger partial charge in [-0.1, -0.05) is 30.4 Å². The summed E-state index contributed by atoms with van der Waals surface area (Å²) in [4.78, 5) is 7.20. The molecule has 1 heterocycles. The van der Waals surface area contributed by atoms with Gasteiger partial charge in [0.2, 0.25) is 0 Å². The Bertz CT molecular complexity index is 539. The topological polar surface area (TPSA) is 42.1 Å².